The molecule has 0 radical (unpaired) electrons. The van der Waals surface area contributed by atoms with Crippen LogP contribution in [-0.4, -0.2) is 60.6 Å². The van der Waals surface area contributed by atoms with E-state index in [4.69, 9.17) is 23.2 Å². The van der Waals surface area contributed by atoms with E-state index in [9.17, 15) is 18.4 Å². The largest absolute Gasteiger partial charge is 0.333 e. The summed E-state index contributed by atoms with van der Waals surface area (Å²) in [5.74, 6) is -0.628. The number of rotatable bonds is 6. The van der Waals surface area contributed by atoms with Crippen molar-refractivity contribution >= 4 is 40.7 Å². The topological polar surface area (TPSA) is 89.2 Å². The quantitative estimate of drug-likeness (QED) is 0.537. The van der Waals surface area contributed by atoms with Gasteiger partial charge in [-0.15, -0.1) is 5.10 Å². The smallest absolute Gasteiger partial charge is 0.329 e. The van der Waals surface area contributed by atoms with Crippen LogP contribution in [0, 0.1) is 0 Å². The van der Waals surface area contributed by atoms with E-state index < -0.39 is 12.6 Å². The van der Waals surface area contributed by atoms with Crippen LogP contribution in [-0.2, 0) is 16.0 Å². The monoisotopic (exact) mass is 483 g/mol. The molecule has 0 bridgehead atoms. The molecular weight excluding hydrogens is 467 g/mol. The van der Waals surface area contributed by atoms with E-state index in [0.29, 0.717) is 26.8 Å². The first-order chi connectivity index (χ1) is 15.2. The van der Waals surface area contributed by atoms with Crippen LogP contribution < -0.4 is 4.90 Å². The van der Waals surface area contributed by atoms with Crippen molar-refractivity contribution < 1.29 is 18.4 Å². The summed E-state index contributed by atoms with van der Waals surface area (Å²) < 4.78 is 27.4. The van der Waals surface area contributed by atoms with Crippen LogP contribution in [0.25, 0.3) is 5.69 Å². The summed E-state index contributed by atoms with van der Waals surface area (Å²) >= 11 is 12.0. The molecule has 1 saturated heterocycles. The van der Waals surface area contributed by atoms with Crippen molar-refractivity contribution in [3.63, 3.8) is 0 Å². The van der Waals surface area contributed by atoms with Gasteiger partial charge in [-0.2, -0.15) is 13.9 Å². The van der Waals surface area contributed by atoms with E-state index in [-0.39, 0.29) is 36.5 Å². The maximum atomic E-state index is 13.0. The molecule has 1 aliphatic rings. The SMILES string of the molecule is CC(Cc1ccn(C(F)F)n1)N1CC(=O)N(c2cc(Cl)ccc2-n2cc(Cl)nn2)CC1=O. The lowest BCUT2D eigenvalue weighted by Gasteiger charge is -2.37. The molecule has 3 aromatic rings. The van der Waals surface area contributed by atoms with Gasteiger partial charge in [0.15, 0.2) is 5.15 Å². The van der Waals surface area contributed by atoms with Crippen LogP contribution in [0.2, 0.25) is 10.2 Å². The van der Waals surface area contributed by atoms with Crippen molar-refractivity contribution in [3.05, 3.63) is 52.5 Å². The van der Waals surface area contributed by atoms with Gasteiger partial charge in [-0.3, -0.25) is 14.5 Å². The standard InChI is InChI=1S/C19H17Cl2F2N7O2/c1-11(6-13-4-5-29(25-13)19(22)23)27-9-18(32)28(10-17(27)31)15-7-12(20)2-3-14(15)30-8-16(21)24-26-30/h2-5,7-8,11,19H,6,9-10H2,1H3. The molecule has 13 heteroatoms. The number of halogens is 4. The van der Waals surface area contributed by atoms with E-state index in [0.717, 1.165) is 0 Å². The number of benzene rings is 1. The van der Waals surface area contributed by atoms with Gasteiger partial charge in [-0.1, -0.05) is 28.4 Å². The number of carbonyl (C=O) groups excluding carboxylic acids is 2. The number of nitrogens with zero attached hydrogens (tertiary/aromatic N) is 7. The molecule has 0 aliphatic carbocycles. The minimum atomic E-state index is -2.74. The molecule has 1 atom stereocenters. The number of carbonyl (C=O) groups is 2. The Morgan fingerprint density at radius 3 is 2.53 bits per heavy atom. The van der Waals surface area contributed by atoms with Gasteiger partial charge in [0.2, 0.25) is 11.8 Å². The Kier molecular flexibility index (Phi) is 6.11. The molecule has 1 aromatic carbocycles. The van der Waals surface area contributed by atoms with Crippen LogP contribution in [0.1, 0.15) is 19.2 Å². The number of piperazine rings is 1. The van der Waals surface area contributed by atoms with Gasteiger partial charge >= 0.3 is 6.55 Å². The van der Waals surface area contributed by atoms with E-state index in [1.807, 2.05) is 0 Å². The normalized spacial score (nSPS) is 15.7. The summed E-state index contributed by atoms with van der Waals surface area (Å²) in [4.78, 5) is 28.6. The molecule has 0 saturated carbocycles. The number of aromatic nitrogens is 5. The first-order valence-electron chi connectivity index (χ1n) is 9.52. The molecule has 1 unspecified atom stereocenters. The first-order valence-corrected chi connectivity index (χ1v) is 10.3. The van der Waals surface area contributed by atoms with Crippen LogP contribution in [0.3, 0.4) is 0 Å². The summed E-state index contributed by atoms with van der Waals surface area (Å²) in [6.07, 6.45) is 2.88. The fraction of sp³-hybridized carbons (Fsp3) is 0.316. The fourth-order valence-electron chi connectivity index (χ4n) is 3.53. The van der Waals surface area contributed by atoms with E-state index in [1.165, 1.54) is 32.9 Å². The van der Waals surface area contributed by atoms with Gasteiger partial charge in [0.05, 0.1) is 23.3 Å². The van der Waals surface area contributed by atoms with Crippen molar-refractivity contribution in [3.8, 4) is 5.69 Å². The molecule has 0 N–H and O–H groups in total. The van der Waals surface area contributed by atoms with Crippen molar-refractivity contribution in [2.75, 3.05) is 18.0 Å². The molecule has 2 amide bonds. The molecule has 0 spiro atoms. The first kappa shape index (κ1) is 22.2. The van der Waals surface area contributed by atoms with Gasteiger partial charge in [-0.25, -0.2) is 9.36 Å². The van der Waals surface area contributed by atoms with Gasteiger partial charge in [0, 0.05) is 23.7 Å². The predicted molar refractivity (Wildman–Crippen MR) is 112 cm³/mol. The van der Waals surface area contributed by atoms with E-state index in [2.05, 4.69) is 15.4 Å². The lowest BCUT2D eigenvalue weighted by atomic mass is 10.1. The molecule has 9 nitrogen and oxygen atoms in total. The average molecular weight is 484 g/mol. The van der Waals surface area contributed by atoms with Gasteiger partial charge in [0.25, 0.3) is 0 Å². The maximum absolute atomic E-state index is 13.0. The highest BCUT2D eigenvalue weighted by Gasteiger charge is 2.35. The van der Waals surface area contributed by atoms with Crippen LogP contribution in [0.5, 0.6) is 0 Å². The minimum Gasteiger partial charge on any atom is -0.329 e. The molecule has 1 fully saturated rings. The summed E-state index contributed by atoms with van der Waals surface area (Å²) in [5, 5.41) is 12.0. The highest BCUT2D eigenvalue weighted by Crippen LogP contribution is 2.30. The Balaban J connectivity index is 1.54. The van der Waals surface area contributed by atoms with Crippen molar-refractivity contribution in [2.24, 2.45) is 0 Å². The maximum Gasteiger partial charge on any atom is 0.333 e. The summed E-state index contributed by atoms with van der Waals surface area (Å²) in [7, 11) is 0. The predicted octanol–water partition coefficient (Wildman–Crippen LogP) is 2.97. The minimum absolute atomic E-state index is 0.168. The summed E-state index contributed by atoms with van der Waals surface area (Å²) in [6, 6.07) is 5.89. The zero-order chi connectivity index (χ0) is 23.0. The second-order valence-corrected chi connectivity index (χ2v) is 8.06. The van der Waals surface area contributed by atoms with Gasteiger partial charge in [-0.05, 0) is 31.2 Å². The second kappa shape index (κ2) is 8.83. The van der Waals surface area contributed by atoms with Gasteiger partial charge < -0.3 is 4.90 Å². The van der Waals surface area contributed by atoms with E-state index in [1.54, 1.807) is 25.1 Å². The third-order valence-electron chi connectivity index (χ3n) is 5.06. The highest BCUT2D eigenvalue weighted by atomic mass is 35.5. The lowest BCUT2D eigenvalue weighted by molar-refractivity contribution is -0.140. The molecule has 168 valence electrons. The Morgan fingerprint density at radius 1 is 1.09 bits per heavy atom. The zero-order valence-corrected chi connectivity index (χ0v) is 18.2. The number of hydrogen-bond acceptors (Lipinski definition) is 5. The van der Waals surface area contributed by atoms with Crippen LogP contribution in [0.15, 0.2) is 36.7 Å². The zero-order valence-electron chi connectivity index (χ0n) is 16.7. The Labute approximate surface area is 191 Å². The Hall–Kier alpha value is -3.05. The molecular formula is C19H17Cl2F2N7O2. The lowest BCUT2D eigenvalue weighted by Crippen LogP contribution is -2.57. The molecule has 2 aromatic heterocycles. The van der Waals surface area contributed by atoms with Crippen molar-refractivity contribution in [2.45, 2.75) is 25.9 Å². The number of alkyl halides is 2. The van der Waals surface area contributed by atoms with Crippen molar-refractivity contribution in [1.29, 1.82) is 0 Å². The summed E-state index contributed by atoms with van der Waals surface area (Å²) in [6.45, 7) is -1.40. The molecule has 3 heterocycles. The van der Waals surface area contributed by atoms with Crippen LogP contribution in [0.4, 0.5) is 14.5 Å². The fourth-order valence-corrected chi connectivity index (χ4v) is 3.82. The summed E-state index contributed by atoms with van der Waals surface area (Å²) in [5.41, 5.74) is 1.27. The third-order valence-corrected chi connectivity index (χ3v) is 5.47. The van der Waals surface area contributed by atoms with Gasteiger partial charge in [0.1, 0.15) is 13.1 Å². The molecule has 1 aliphatic heterocycles. The number of anilines is 1. The second-order valence-electron chi connectivity index (χ2n) is 7.24. The highest BCUT2D eigenvalue weighted by molar-refractivity contribution is 6.31. The number of hydrogen-bond donors (Lipinski definition) is 0. The third kappa shape index (κ3) is 4.44. The Bertz CT molecular complexity index is 1170. The molecule has 4 rings (SSSR count). The van der Waals surface area contributed by atoms with Crippen LogP contribution >= 0.6 is 23.2 Å². The average Bonchev–Trinajstić information content (AvgIpc) is 3.38. The Morgan fingerprint density at radius 2 is 1.88 bits per heavy atom. The van der Waals surface area contributed by atoms with Crippen molar-refractivity contribution in [1.82, 2.24) is 29.7 Å². The number of amides is 2. The van der Waals surface area contributed by atoms with E-state index >= 15 is 0 Å². The molecule has 32 heavy (non-hydrogen) atoms.